The molecule has 0 unspecified atom stereocenters. The van der Waals surface area contributed by atoms with Crippen molar-refractivity contribution in [1.82, 2.24) is 5.16 Å². The van der Waals surface area contributed by atoms with Crippen molar-refractivity contribution in [3.8, 4) is 11.3 Å². The monoisotopic (exact) mass is 238 g/mol. The number of alkyl halides is 2. The standard InChI is InChI=1S/C12H12F2N2O/c13-12(14)9-3-1-2-8(6-9)11-7-10(4-5-15)17-16-11/h1-3,6-7,12H,4-5,15H2. The molecule has 1 aromatic heterocycles. The maximum Gasteiger partial charge on any atom is 0.263 e. The number of nitrogens with two attached hydrogens (primary N) is 1. The van der Waals surface area contributed by atoms with Crippen molar-refractivity contribution in [1.29, 1.82) is 0 Å². The molecular weight excluding hydrogens is 226 g/mol. The summed E-state index contributed by atoms with van der Waals surface area (Å²) in [5.74, 6) is 0.657. The van der Waals surface area contributed by atoms with Gasteiger partial charge in [0.2, 0.25) is 0 Å². The van der Waals surface area contributed by atoms with E-state index in [1.807, 2.05) is 0 Å². The van der Waals surface area contributed by atoms with E-state index >= 15 is 0 Å². The van der Waals surface area contributed by atoms with Crippen LogP contribution >= 0.6 is 0 Å². The Kier molecular flexibility index (Phi) is 3.49. The molecule has 0 bridgehead atoms. The lowest BCUT2D eigenvalue weighted by Crippen LogP contribution is -2.01. The van der Waals surface area contributed by atoms with E-state index in [1.165, 1.54) is 12.1 Å². The first-order valence-electron chi connectivity index (χ1n) is 5.25. The van der Waals surface area contributed by atoms with Crippen LogP contribution in [0.4, 0.5) is 8.78 Å². The Morgan fingerprint density at radius 2 is 2.12 bits per heavy atom. The van der Waals surface area contributed by atoms with Gasteiger partial charge in [-0.2, -0.15) is 0 Å². The van der Waals surface area contributed by atoms with Gasteiger partial charge in [-0.3, -0.25) is 0 Å². The van der Waals surface area contributed by atoms with Crippen LogP contribution in [0.1, 0.15) is 17.7 Å². The quantitative estimate of drug-likeness (QED) is 0.891. The molecule has 17 heavy (non-hydrogen) atoms. The van der Waals surface area contributed by atoms with Crippen molar-refractivity contribution >= 4 is 0 Å². The molecule has 0 amide bonds. The number of benzene rings is 1. The van der Waals surface area contributed by atoms with Gasteiger partial charge in [0, 0.05) is 23.6 Å². The third-order valence-electron chi connectivity index (χ3n) is 2.38. The zero-order chi connectivity index (χ0) is 12.3. The first-order chi connectivity index (χ1) is 8.20. The van der Waals surface area contributed by atoms with Crippen molar-refractivity contribution in [3.05, 3.63) is 41.7 Å². The lowest BCUT2D eigenvalue weighted by molar-refractivity contribution is 0.151. The normalized spacial score (nSPS) is 11.1. The van der Waals surface area contributed by atoms with Gasteiger partial charge in [-0.05, 0) is 12.6 Å². The molecule has 0 aliphatic heterocycles. The third kappa shape index (κ3) is 2.68. The van der Waals surface area contributed by atoms with E-state index < -0.39 is 6.43 Å². The van der Waals surface area contributed by atoms with Crippen LogP contribution in [-0.2, 0) is 6.42 Å². The van der Waals surface area contributed by atoms with E-state index in [0.29, 0.717) is 30.0 Å². The lowest BCUT2D eigenvalue weighted by atomic mass is 10.1. The highest BCUT2D eigenvalue weighted by molar-refractivity contribution is 5.59. The van der Waals surface area contributed by atoms with Gasteiger partial charge < -0.3 is 10.3 Å². The third-order valence-corrected chi connectivity index (χ3v) is 2.38. The number of rotatable bonds is 4. The maximum absolute atomic E-state index is 12.5. The minimum atomic E-state index is -2.48. The Hall–Kier alpha value is -1.75. The van der Waals surface area contributed by atoms with Crippen LogP contribution in [0.2, 0.25) is 0 Å². The fourth-order valence-corrected chi connectivity index (χ4v) is 1.54. The fraction of sp³-hybridized carbons (Fsp3) is 0.250. The van der Waals surface area contributed by atoms with E-state index in [4.69, 9.17) is 10.3 Å². The minimum absolute atomic E-state index is 0.0223. The summed E-state index contributed by atoms with van der Waals surface area (Å²) in [6, 6.07) is 7.81. The van der Waals surface area contributed by atoms with Crippen LogP contribution in [0.3, 0.4) is 0 Å². The summed E-state index contributed by atoms with van der Waals surface area (Å²) in [6.07, 6.45) is -1.90. The van der Waals surface area contributed by atoms with Crippen LogP contribution in [0.25, 0.3) is 11.3 Å². The van der Waals surface area contributed by atoms with Crippen molar-refractivity contribution < 1.29 is 13.3 Å². The summed E-state index contributed by atoms with van der Waals surface area (Å²) < 4.78 is 30.1. The van der Waals surface area contributed by atoms with E-state index in [0.717, 1.165) is 0 Å². The van der Waals surface area contributed by atoms with Gasteiger partial charge >= 0.3 is 0 Å². The molecule has 0 saturated carbocycles. The van der Waals surface area contributed by atoms with Gasteiger partial charge in [0.1, 0.15) is 11.5 Å². The second kappa shape index (κ2) is 5.05. The predicted molar refractivity (Wildman–Crippen MR) is 59.7 cm³/mol. The van der Waals surface area contributed by atoms with Crippen LogP contribution in [0.5, 0.6) is 0 Å². The summed E-state index contributed by atoms with van der Waals surface area (Å²) in [5, 5.41) is 3.83. The van der Waals surface area contributed by atoms with Crippen LogP contribution in [-0.4, -0.2) is 11.7 Å². The molecule has 0 radical (unpaired) electrons. The number of halogens is 2. The van der Waals surface area contributed by atoms with Crippen molar-refractivity contribution in [3.63, 3.8) is 0 Å². The van der Waals surface area contributed by atoms with Crippen molar-refractivity contribution in [2.75, 3.05) is 6.54 Å². The SMILES string of the molecule is NCCc1cc(-c2cccc(C(F)F)c2)no1. The molecule has 2 rings (SSSR count). The Morgan fingerprint density at radius 1 is 1.29 bits per heavy atom. The van der Waals surface area contributed by atoms with E-state index in [2.05, 4.69) is 5.16 Å². The molecule has 1 aromatic carbocycles. The molecule has 0 aliphatic rings. The average molecular weight is 238 g/mol. The molecule has 2 aromatic rings. The molecule has 5 heteroatoms. The molecule has 2 N–H and O–H groups in total. The van der Waals surface area contributed by atoms with Gasteiger partial charge in [-0.25, -0.2) is 8.78 Å². The van der Waals surface area contributed by atoms with Gasteiger partial charge in [-0.1, -0.05) is 23.4 Å². The highest BCUT2D eigenvalue weighted by atomic mass is 19.3. The number of aromatic nitrogens is 1. The van der Waals surface area contributed by atoms with E-state index in [9.17, 15) is 8.78 Å². The molecule has 1 heterocycles. The summed E-state index contributed by atoms with van der Waals surface area (Å²) >= 11 is 0. The van der Waals surface area contributed by atoms with Gasteiger partial charge in [0.15, 0.2) is 0 Å². The van der Waals surface area contributed by atoms with Gasteiger partial charge in [0.25, 0.3) is 6.43 Å². The van der Waals surface area contributed by atoms with Gasteiger partial charge in [0.05, 0.1) is 0 Å². The average Bonchev–Trinajstić information content (AvgIpc) is 2.78. The van der Waals surface area contributed by atoms with Crippen LogP contribution < -0.4 is 5.73 Å². The zero-order valence-electron chi connectivity index (χ0n) is 9.07. The Labute approximate surface area is 97.2 Å². The molecule has 0 spiro atoms. The molecule has 0 aliphatic carbocycles. The lowest BCUT2D eigenvalue weighted by Gasteiger charge is -2.00. The first-order valence-corrected chi connectivity index (χ1v) is 5.25. The van der Waals surface area contributed by atoms with Gasteiger partial charge in [-0.15, -0.1) is 0 Å². The van der Waals surface area contributed by atoms with Crippen LogP contribution in [0, 0.1) is 0 Å². The van der Waals surface area contributed by atoms with Crippen molar-refractivity contribution in [2.24, 2.45) is 5.73 Å². The number of hydrogen-bond donors (Lipinski definition) is 1. The highest BCUT2D eigenvalue weighted by Gasteiger charge is 2.10. The fourth-order valence-electron chi connectivity index (χ4n) is 1.54. The Bertz CT molecular complexity index is 497. The molecular formula is C12H12F2N2O. The van der Waals surface area contributed by atoms with Crippen molar-refractivity contribution in [2.45, 2.75) is 12.8 Å². The summed E-state index contributed by atoms with van der Waals surface area (Å²) in [5.41, 5.74) is 6.54. The summed E-state index contributed by atoms with van der Waals surface area (Å²) in [6.45, 7) is 0.464. The molecule has 90 valence electrons. The van der Waals surface area contributed by atoms with E-state index in [1.54, 1.807) is 18.2 Å². The summed E-state index contributed by atoms with van der Waals surface area (Å²) in [4.78, 5) is 0. The Morgan fingerprint density at radius 3 is 2.82 bits per heavy atom. The van der Waals surface area contributed by atoms with Crippen LogP contribution in [0.15, 0.2) is 34.9 Å². The highest BCUT2D eigenvalue weighted by Crippen LogP contribution is 2.25. The Balaban J connectivity index is 2.28. The predicted octanol–water partition coefficient (Wildman–Crippen LogP) is 2.78. The largest absolute Gasteiger partial charge is 0.361 e. The molecule has 0 saturated heterocycles. The number of hydrogen-bond acceptors (Lipinski definition) is 3. The second-order valence-electron chi connectivity index (χ2n) is 3.64. The molecule has 3 nitrogen and oxygen atoms in total. The summed E-state index contributed by atoms with van der Waals surface area (Å²) in [7, 11) is 0. The smallest absolute Gasteiger partial charge is 0.263 e. The molecule has 0 atom stereocenters. The maximum atomic E-state index is 12.5. The topological polar surface area (TPSA) is 52.0 Å². The number of nitrogens with zero attached hydrogens (tertiary/aromatic N) is 1. The van der Waals surface area contributed by atoms with E-state index in [-0.39, 0.29) is 5.56 Å². The first kappa shape index (κ1) is 11.7. The zero-order valence-corrected chi connectivity index (χ0v) is 9.07. The second-order valence-corrected chi connectivity index (χ2v) is 3.64. The molecule has 0 fully saturated rings. The minimum Gasteiger partial charge on any atom is -0.361 e.